The summed E-state index contributed by atoms with van der Waals surface area (Å²) in [6.45, 7) is 0.286. The van der Waals surface area contributed by atoms with Crippen LogP contribution in [0.1, 0.15) is 11.1 Å². The average molecular weight is 436 g/mol. The molecule has 0 saturated heterocycles. The number of amides is 1. The third-order valence-corrected chi connectivity index (χ3v) is 4.68. The van der Waals surface area contributed by atoms with Gasteiger partial charge in [0.05, 0.1) is 14.2 Å². The molecule has 0 aliphatic carbocycles. The Labute approximate surface area is 176 Å². The summed E-state index contributed by atoms with van der Waals surface area (Å²) in [6, 6.07) is 12.6. The highest BCUT2D eigenvalue weighted by Gasteiger charge is 2.28. The van der Waals surface area contributed by atoms with Gasteiger partial charge >= 0.3 is 5.51 Å². The quantitative estimate of drug-likeness (QED) is 0.373. The van der Waals surface area contributed by atoms with Crippen LogP contribution in [0.15, 0.2) is 52.9 Å². The Morgan fingerprint density at radius 1 is 1.13 bits per heavy atom. The Balaban J connectivity index is 1.97. The lowest BCUT2D eigenvalue weighted by atomic mass is 10.1. The first kappa shape index (κ1) is 23.2. The van der Waals surface area contributed by atoms with Crippen LogP contribution in [0.3, 0.4) is 0 Å². The van der Waals surface area contributed by atoms with E-state index in [2.05, 4.69) is 5.32 Å². The minimum atomic E-state index is -4.37. The van der Waals surface area contributed by atoms with Crippen LogP contribution in [-0.2, 0) is 11.2 Å². The number of carbonyl (C=O) groups excluding carboxylic acids is 1. The number of hydrogen-bond acceptors (Lipinski definition) is 5. The van der Waals surface area contributed by atoms with E-state index in [1.54, 1.807) is 12.1 Å². The van der Waals surface area contributed by atoms with Crippen LogP contribution in [0, 0.1) is 11.3 Å². The maximum Gasteiger partial charge on any atom is 0.446 e. The summed E-state index contributed by atoms with van der Waals surface area (Å²) in [5.41, 5.74) is -3.15. The minimum Gasteiger partial charge on any atom is -0.493 e. The van der Waals surface area contributed by atoms with Gasteiger partial charge < -0.3 is 14.8 Å². The fourth-order valence-corrected chi connectivity index (χ4v) is 3.07. The highest BCUT2D eigenvalue weighted by molar-refractivity contribution is 8.00. The number of thioether (sulfide) groups is 1. The van der Waals surface area contributed by atoms with Gasteiger partial charge in [-0.3, -0.25) is 4.79 Å². The Bertz CT molecular complexity index is 951. The van der Waals surface area contributed by atoms with Crippen molar-refractivity contribution >= 4 is 23.7 Å². The van der Waals surface area contributed by atoms with Gasteiger partial charge in [-0.1, -0.05) is 18.2 Å². The molecule has 0 heterocycles. The zero-order valence-electron chi connectivity index (χ0n) is 16.2. The largest absolute Gasteiger partial charge is 0.493 e. The van der Waals surface area contributed by atoms with E-state index in [-0.39, 0.29) is 28.8 Å². The zero-order chi connectivity index (χ0) is 22.1. The SMILES string of the molecule is COc1ccc(CCNC(=O)/C(C#N)=C/c2ccc(SC(F)(F)F)cc2)cc1OC. The minimum absolute atomic E-state index is 0.0255. The maximum atomic E-state index is 12.4. The van der Waals surface area contributed by atoms with Crippen molar-refractivity contribution in [3.05, 3.63) is 59.2 Å². The van der Waals surface area contributed by atoms with E-state index < -0.39 is 11.4 Å². The number of nitriles is 1. The molecule has 0 spiro atoms. The van der Waals surface area contributed by atoms with E-state index in [1.807, 2.05) is 12.1 Å². The number of nitrogens with one attached hydrogen (secondary N) is 1. The lowest BCUT2D eigenvalue weighted by Crippen LogP contribution is -2.26. The van der Waals surface area contributed by atoms with Crippen molar-refractivity contribution in [2.24, 2.45) is 0 Å². The fraction of sp³-hybridized carbons (Fsp3) is 0.238. The molecule has 9 heteroatoms. The molecule has 158 valence electrons. The van der Waals surface area contributed by atoms with Gasteiger partial charge in [-0.25, -0.2) is 0 Å². The third kappa shape index (κ3) is 7.04. The third-order valence-electron chi connectivity index (χ3n) is 3.94. The van der Waals surface area contributed by atoms with Crippen LogP contribution in [0.5, 0.6) is 11.5 Å². The Kier molecular flexibility index (Phi) is 8.18. The van der Waals surface area contributed by atoms with Crippen molar-refractivity contribution in [2.45, 2.75) is 16.8 Å². The monoisotopic (exact) mass is 436 g/mol. The molecule has 0 aromatic heterocycles. The number of benzene rings is 2. The van der Waals surface area contributed by atoms with Crippen molar-refractivity contribution in [3.63, 3.8) is 0 Å². The molecule has 2 aromatic rings. The topological polar surface area (TPSA) is 71.3 Å². The lowest BCUT2D eigenvalue weighted by Gasteiger charge is -2.10. The molecule has 0 radical (unpaired) electrons. The van der Waals surface area contributed by atoms with Gasteiger partial charge in [0.15, 0.2) is 11.5 Å². The van der Waals surface area contributed by atoms with Gasteiger partial charge in [-0.05, 0) is 59.7 Å². The van der Waals surface area contributed by atoms with Crippen molar-refractivity contribution < 1.29 is 27.4 Å². The molecule has 5 nitrogen and oxygen atoms in total. The smallest absolute Gasteiger partial charge is 0.446 e. The molecule has 0 bridgehead atoms. The summed E-state index contributed by atoms with van der Waals surface area (Å²) in [5, 5.41) is 11.9. The van der Waals surface area contributed by atoms with E-state index in [4.69, 9.17) is 9.47 Å². The molecule has 0 aliphatic rings. The number of methoxy groups -OCH3 is 2. The van der Waals surface area contributed by atoms with Gasteiger partial charge in [0, 0.05) is 11.4 Å². The number of alkyl halides is 3. The molecule has 0 aliphatic heterocycles. The first-order chi connectivity index (χ1) is 14.3. The molecule has 0 unspecified atom stereocenters. The maximum absolute atomic E-state index is 12.4. The summed E-state index contributed by atoms with van der Waals surface area (Å²) < 4.78 is 47.5. The zero-order valence-corrected chi connectivity index (χ0v) is 17.1. The van der Waals surface area contributed by atoms with Gasteiger partial charge in [0.1, 0.15) is 11.6 Å². The number of ether oxygens (including phenoxy) is 2. The fourth-order valence-electron chi connectivity index (χ4n) is 2.53. The number of carbonyl (C=O) groups is 1. The second kappa shape index (κ2) is 10.6. The molecule has 0 atom stereocenters. The molecular weight excluding hydrogens is 417 g/mol. The van der Waals surface area contributed by atoms with Gasteiger partial charge in [0.25, 0.3) is 5.91 Å². The van der Waals surface area contributed by atoms with Crippen LogP contribution in [0.25, 0.3) is 6.08 Å². The normalized spacial score (nSPS) is 11.5. The van der Waals surface area contributed by atoms with E-state index in [9.17, 15) is 23.2 Å². The van der Waals surface area contributed by atoms with E-state index in [0.717, 1.165) is 5.56 Å². The van der Waals surface area contributed by atoms with Gasteiger partial charge in [-0.15, -0.1) is 0 Å². The summed E-state index contributed by atoms with van der Waals surface area (Å²) in [7, 11) is 3.07. The van der Waals surface area contributed by atoms with E-state index >= 15 is 0 Å². The second-order valence-electron chi connectivity index (χ2n) is 5.98. The van der Waals surface area contributed by atoms with Crippen molar-refractivity contribution in [2.75, 3.05) is 20.8 Å². The van der Waals surface area contributed by atoms with Crippen molar-refractivity contribution in [1.29, 1.82) is 5.26 Å². The Morgan fingerprint density at radius 2 is 1.80 bits per heavy atom. The Hall–Kier alpha value is -3.12. The van der Waals surface area contributed by atoms with Crippen molar-refractivity contribution in [3.8, 4) is 17.6 Å². The molecule has 0 saturated carbocycles. The molecular formula is C21H19F3N2O3S. The lowest BCUT2D eigenvalue weighted by molar-refractivity contribution is -0.117. The molecule has 1 amide bonds. The first-order valence-electron chi connectivity index (χ1n) is 8.72. The second-order valence-corrected chi connectivity index (χ2v) is 7.12. The van der Waals surface area contributed by atoms with E-state index in [1.165, 1.54) is 44.6 Å². The summed E-state index contributed by atoms with van der Waals surface area (Å²) in [6.07, 6.45) is 1.84. The Morgan fingerprint density at radius 3 is 2.37 bits per heavy atom. The summed E-state index contributed by atoms with van der Waals surface area (Å²) >= 11 is -0.228. The standard InChI is InChI=1S/C21H19F3N2O3S/c1-28-18-8-5-15(12-19(18)29-2)9-10-26-20(27)16(13-25)11-14-3-6-17(7-4-14)30-21(22,23)24/h3-8,11-12H,9-10H2,1-2H3,(H,26,27)/b16-11+. The van der Waals surface area contributed by atoms with Crippen LogP contribution in [0.2, 0.25) is 0 Å². The van der Waals surface area contributed by atoms with Gasteiger partial charge in [-0.2, -0.15) is 18.4 Å². The number of hydrogen-bond donors (Lipinski definition) is 1. The van der Waals surface area contributed by atoms with Crippen LogP contribution >= 0.6 is 11.8 Å². The first-order valence-corrected chi connectivity index (χ1v) is 9.54. The molecule has 2 aromatic carbocycles. The van der Waals surface area contributed by atoms with Crippen molar-refractivity contribution in [1.82, 2.24) is 5.32 Å². The average Bonchev–Trinajstić information content (AvgIpc) is 2.71. The predicted octanol–water partition coefficient (Wildman–Crippen LogP) is 4.58. The van der Waals surface area contributed by atoms with Gasteiger partial charge in [0.2, 0.25) is 0 Å². The summed E-state index contributed by atoms with van der Waals surface area (Å²) in [4.78, 5) is 12.3. The van der Waals surface area contributed by atoms with Crippen LogP contribution < -0.4 is 14.8 Å². The van der Waals surface area contributed by atoms with Crippen LogP contribution in [-0.4, -0.2) is 32.2 Å². The molecule has 30 heavy (non-hydrogen) atoms. The number of nitrogens with zero attached hydrogens (tertiary/aromatic N) is 1. The highest BCUT2D eigenvalue weighted by atomic mass is 32.2. The highest BCUT2D eigenvalue weighted by Crippen LogP contribution is 2.36. The molecule has 0 fully saturated rings. The van der Waals surface area contributed by atoms with Crippen LogP contribution in [0.4, 0.5) is 13.2 Å². The number of halogens is 3. The predicted molar refractivity (Wildman–Crippen MR) is 108 cm³/mol. The molecule has 2 rings (SSSR count). The molecule has 1 N–H and O–H groups in total. The summed E-state index contributed by atoms with van der Waals surface area (Å²) in [5.74, 6) is 0.609. The number of rotatable bonds is 8. The van der Waals surface area contributed by atoms with E-state index in [0.29, 0.717) is 23.5 Å².